The Morgan fingerprint density at radius 3 is 2.59 bits per heavy atom. The third-order valence-corrected chi connectivity index (χ3v) is 4.68. The van der Waals surface area contributed by atoms with Gasteiger partial charge >= 0.3 is 0 Å². The second-order valence-electron chi connectivity index (χ2n) is 5.57. The molecule has 4 rings (SSSR count). The molecule has 3 fully saturated rings. The van der Waals surface area contributed by atoms with E-state index in [0.717, 1.165) is 12.5 Å². The second-order valence-corrected chi connectivity index (χ2v) is 5.96. The molecule has 3 aliphatic carbocycles. The predicted octanol–water partition coefficient (Wildman–Crippen LogP) is 4.08. The van der Waals surface area contributed by atoms with Crippen LogP contribution in [-0.4, -0.2) is 11.6 Å². The van der Waals surface area contributed by atoms with Crippen LogP contribution in [0, 0.1) is 11.3 Å². The van der Waals surface area contributed by atoms with Crippen molar-refractivity contribution in [1.82, 2.24) is 4.98 Å². The Kier molecular flexibility index (Phi) is 2.99. The van der Waals surface area contributed by atoms with E-state index in [1.807, 2.05) is 12.1 Å². The van der Waals surface area contributed by atoms with Crippen LogP contribution in [0.25, 0.3) is 0 Å². The van der Waals surface area contributed by atoms with Gasteiger partial charge in [-0.3, -0.25) is 0 Å². The molecule has 0 saturated heterocycles. The molecule has 0 radical (unpaired) electrons. The van der Waals surface area contributed by atoms with Crippen molar-refractivity contribution in [3.8, 4) is 5.88 Å². The number of aromatic nitrogens is 1. The lowest BCUT2D eigenvalue weighted by Gasteiger charge is -2.46. The summed E-state index contributed by atoms with van der Waals surface area (Å²) in [5.41, 5.74) is 0.429. The minimum absolute atomic E-state index is 0.429. The summed E-state index contributed by atoms with van der Waals surface area (Å²) in [6.45, 7) is 0.813. The van der Waals surface area contributed by atoms with E-state index in [4.69, 9.17) is 16.3 Å². The highest BCUT2D eigenvalue weighted by Gasteiger charge is 2.40. The fraction of sp³-hybridized carbons (Fsp3) is 0.643. The Hall–Kier alpha value is -0.760. The average Bonchev–Trinajstić information content (AvgIpc) is 2.39. The van der Waals surface area contributed by atoms with E-state index in [1.165, 1.54) is 38.5 Å². The zero-order valence-corrected chi connectivity index (χ0v) is 10.7. The molecule has 0 unspecified atom stereocenters. The van der Waals surface area contributed by atoms with Gasteiger partial charge in [-0.25, -0.2) is 4.98 Å². The third kappa shape index (κ3) is 2.42. The number of halogens is 1. The maximum atomic E-state index is 5.85. The van der Waals surface area contributed by atoms with Crippen molar-refractivity contribution in [2.24, 2.45) is 11.3 Å². The smallest absolute Gasteiger partial charge is 0.214 e. The number of ether oxygens (including phenoxy) is 1. The van der Waals surface area contributed by atoms with Crippen molar-refractivity contribution in [2.45, 2.75) is 38.5 Å². The molecule has 2 nitrogen and oxygen atoms in total. The molecular weight excluding hydrogens is 234 g/mol. The Labute approximate surface area is 107 Å². The first-order chi connectivity index (χ1) is 8.26. The van der Waals surface area contributed by atoms with Crippen molar-refractivity contribution >= 4 is 11.6 Å². The van der Waals surface area contributed by atoms with Crippen molar-refractivity contribution < 1.29 is 4.74 Å². The largest absolute Gasteiger partial charge is 0.477 e. The van der Waals surface area contributed by atoms with Gasteiger partial charge < -0.3 is 4.74 Å². The summed E-state index contributed by atoms with van der Waals surface area (Å²) in [7, 11) is 0. The molecule has 92 valence electrons. The quantitative estimate of drug-likeness (QED) is 0.755. The second kappa shape index (κ2) is 4.49. The maximum absolute atomic E-state index is 5.85. The number of fused-ring (bicyclic) bond motifs is 3. The van der Waals surface area contributed by atoms with Crippen LogP contribution < -0.4 is 4.74 Å². The summed E-state index contributed by atoms with van der Waals surface area (Å²) >= 11 is 5.85. The molecule has 1 aromatic rings. The highest BCUT2D eigenvalue weighted by Crippen LogP contribution is 2.50. The molecule has 3 saturated carbocycles. The van der Waals surface area contributed by atoms with Gasteiger partial charge in [-0.15, -0.1) is 0 Å². The van der Waals surface area contributed by atoms with Gasteiger partial charge in [0.15, 0.2) is 0 Å². The van der Waals surface area contributed by atoms with E-state index in [0.29, 0.717) is 16.4 Å². The molecule has 17 heavy (non-hydrogen) atoms. The standard InChI is InChI=1S/C14H18ClNO/c15-12-2-1-3-13(16-12)17-10-14-7-4-11(5-8-14)6-9-14/h1-3,11H,4-10H2. The minimum Gasteiger partial charge on any atom is -0.477 e. The van der Waals surface area contributed by atoms with Gasteiger partial charge in [0.05, 0.1) is 6.61 Å². The molecule has 0 aromatic carbocycles. The topological polar surface area (TPSA) is 22.1 Å². The maximum Gasteiger partial charge on any atom is 0.214 e. The van der Waals surface area contributed by atoms with Crippen LogP contribution in [0.4, 0.5) is 0 Å². The number of hydrogen-bond donors (Lipinski definition) is 0. The molecule has 0 atom stereocenters. The predicted molar refractivity (Wildman–Crippen MR) is 68.4 cm³/mol. The monoisotopic (exact) mass is 251 g/mol. The first kappa shape index (κ1) is 11.3. The van der Waals surface area contributed by atoms with Crippen LogP contribution >= 0.6 is 11.6 Å². The number of pyridine rings is 1. The molecule has 0 aliphatic heterocycles. The summed E-state index contributed by atoms with van der Waals surface area (Å²) < 4.78 is 5.85. The Morgan fingerprint density at radius 1 is 1.24 bits per heavy atom. The Bertz CT molecular complexity index is 385. The fourth-order valence-corrected chi connectivity index (χ4v) is 3.41. The first-order valence-electron chi connectivity index (χ1n) is 6.51. The number of hydrogen-bond acceptors (Lipinski definition) is 2. The normalized spacial score (nSPS) is 31.5. The summed E-state index contributed by atoms with van der Waals surface area (Å²) in [5.74, 6) is 1.67. The Morgan fingerprint density at radius 2 is 1.94 bits per heavy atom. The highest BCUT2D eigenvalue weighted by atomic mass is 35.5. The molecule has 0 amide bonds. The molecule has 2 bridgehead atoms. The van der Waals surface area contributed by atoms with Crippen LogP contribution in [0.5, 0.6) is 5.88 Å². The SMILES string of the molecule is Clc1cccc(OCC23CCC(CC2)CC3)n1. The van der Waals surface area contributed by atoms with Gasteiger partial charge in [0, 0.05) is 11.5 Å². The molecular formula is C14H18ClNO. The third-order valence-electron chi connectivity index (χ3n) is 4.46. The first-order valence-corrected chi connectivity index (χ1v) is 6.89. The lowest BCUT2D eigenvalue weighted by Crippen LogP contribution is -2.38. The zero-order chi connectivity index (χ0) is 11.7. The van der Waals surface area contributed by atoms with Crippen LogP contribution in [0.2, 0.25) is 5.15 Å². The zero-order valence-electron chi connectivity index (χ0n) is 9.99. The van der Waals surface area contributed by atoms with E-state index >= 15 is 0 Å². The summed E-state index contributed by atoms with van der Waals surface area (Å²) in [6.07, 6.45) is 8.18. The summed E-state index contributed by atoms with van der Waals surface area (Å²) in [4.78, 5) is 4.18. The van der Waals surface area contributed by atoms with E-state index in [2.05, 4.69) is 4.98 Å². The molecule has 3 heteroatoms. The van der Waals surface area contributed by atoms with Crippen LogP contribution in [0.3, 0.4) is 0 Å². The van der Waals surface area contributed by atoms with Crippen LogP contribution in [0.1, 0.15) is 38.5 Å². The van der Waals surface area contributed by atoms with Crippen LogP contribution in [0.15, 0.2) is 18.2 Å². The molecule has 0 N–H and O–H groups in total. The van der Waals surface area contributed by atoms with Gasteiger partial charge in [0.25, 0.3) is 0 Å². The van der Waals surface area contributed by atoms with Crippen LogP contribution in [-0.2, 0) is 0 Å². The fourth-order valence-electron chi connectivity index (χ4n) is 3.25. The van der Waals surface area contributed by atoms with Gasteiger partial charge in [0.2, 0.25) is 5.88 Å². The van der Waals surface area contributed by atoms with Gasteiger partial charge in [-0.1, -0.05) is 17.7 Å². The summed E-state index contributed by atoms with van der Waals surface area (Å²) in [6, 6.07) is 5.55. The lowest BCUT2D eigenvalue weighted by atomic mass is 9.61. The Balaban J connectivity index is 1.63. The highest BCUT2D eigenvalue weighted by molar-refractivity contribution is 6.29. The van der Waals surface area contributed by atoms with E-state index in [-0.39, 0.29) is 0 Å². The van der Waals surface area contributed by atoms with Crippen molar-refractivity contribution in [2.75, 3.05) is 6.61 Å². The lowest BCUT2D eigenvalue weighted by molar-refractivity contribution is 0.0177. The van der Waals surface area contributed by atoms with E-state index in [1.54, 1.807) is 6.07 Å². The summed E-state index contributed by atoms with van der Waals surface area (Å²) in [5, 5.41) is 0.507. The van der Waals surface area contributed by atoms with Crippen molar-refractivity contribution in [3.63, 3.8) is 0 Å². The van der Waals surface area contributed by atoms with E-state index in [9.17, 15) is 0 Å². The molecule has 1 aromatic heterocycles. The number of nitrogens with zero attached hydrogens (tertiary/aromatic N) is 1. The van der Waals surface area contributed by atoms with Gasteiger partial charge in [-0.2, -0.15) is 0 Å². The van der Waals surface area contributed by atoms with E-state index < -0.39 is 0 Å². The molecule has 0 spiro atoms. The van der Waals surface area contributed by atoms with Gasteiger partial charge in [0.1, 0.15) is 5.15 Å². The van der Waals surface area contributed by atoms with Gasteiger partial charge in [-0.05, 0) is 50.5 Å². The molecule has 1 heterocycles. The van der Waals surface area contributed by atoms with Crippen molar-refractivity contribution in [3.05, 3.63) is 23.4 Å². The number of rotatable bonds is 3. The average molecular weight is 252 g/mol. The van der Waals surface area contributed by atoms with Crippen molar-refractivity contribution in [1.29, 1.82) is 0 Å². The molecule has 3 aliphatic rings. The minimum atomic E-state index is 0.429.